The van der Waals surface area contributed by atoms with E-state index < -0.39 is 10.9 Å². The molecule has 1 aliphatic rings. The zero-order chi connectivity index (χ0) is 13.8. The summed E-state index contributed by atoms with van der Waals surface area (Å²) in [6, 6.07) is -0.146. The van der Waals surface area contributed by atoms with E-state index in [9.17, 15) is 14.9 Å². The fourth-order valence-corrected chi connectivity index (χ4v) is 2.23. The standard InChI is InChI=1S/C11H14N4O4/c16-10(17)5-8-3-1-2-4-14(8)11-12-6-9(7-13-11)15(18)19/h6-8H,1-5H2,(H,16,17). The first-order valence-electron chi connectivity index (χ1n) is 6.03. The topological polar surface area (TPSA) is 109 Å². The molecule has 102 valence electrons. The maximum atomic E-state index is 10.8. The Hall–Kier alpha value is -2.25. The molecule has 0 saturated carbocycles. The molecular weight excluding hydrogens is 252 g/mol. The van der Waals surface area contributed by atoms with Gasteiger partial charge in [0.05, 0.1) is 11.3 Å². The summed E-state index contributed by atoms with van der Waals surface area (Å²) < 4.78 is 0. The molecule has 0 aromatic carbocycles. The van der Waals surface area contributed by atoms with Crippen LogP contribution in [-0.2, 0) is 4.79 Å². The van der Waals surface area contributed by atoms with Gasteiger partial charge in [-0.1, -0.05) is 0 Å². The highest BCUT2D eigenvalue weighted by molar-refractivity contribution is 5.68. The smallest absolute Gasteiger partial charge is 0.305 e. The normalized spacial score (nSPS) is 19.2. The Morgan fingerprint density at radius 3 is 2.74 bits per heavy atom. The molecule has 1 aliphatic heterocycles. The minimum atomic E-state index is -0.862. The predicted octanol–water partition coefficient (Wildman–Crippen LogP) is 1.22. The van der Waals surface area contributed by atoms with Crippen molar-refractivity contribution in [3.8, 4) is 0 Å². The monoisotopic (exact) mass is 266 g/mol. The van der Waals surface area contributed by atoms with Crippen LogP contribution in [0, 0.1) is 10.1 Å². The summed E-state index contributed by atoms with van der Waals surface area (Å²) in [5.41, 5.74) is -0.171. The van der Waals surface area contributed by atoms with Crippen molar-refractivity contribution in [1.29, 1.82) is 0 Å². The van der Waals surface area contributed by atoms with Crippen LogP contribution >= 0.6 is 0 Å². The van der Waals surface area contributed by atoms with Crippen molar-refractivity contribution in [3.63, 3.8) is 0 Å². The molecule has 1 unspecified atom stereocenters. The van der Waals surface area contributed by atoms with Crippen molar-refractivity contribution >= 4 is 17.6 Å². The third-order valence-electron chi connectivity index (χ3n) is 3.13. The number of hydrogen-bond acceptors (Lipinski definition) is 6. The number of nitrogens with zero attached hydrogens (tertiary/aromatic N) is 4. The van der Waals surface area contributed by atoms with Crippen LogP contribution in [0.1, 0.15) is 25.7 Å². The van der Waals surface area contributed by atoms with Gasteiger partial charge in [-0.25, -0.2) is 9.97 Å². The van der Waals surface area contributed by atoms with Gasteiger partial charge in [0, 0.05) is 12.6 Å². The number of carbonyl (C=O) groups is 1. The zero-order valence-electron chi connectivity index (χ0n) is 10.2. The van der Waals surface area contributed by atoms with Crippen molar-refractivity contribution in [1.82, 2.24) is 9.97 Å². The lowest BCUT2D eigenvalue weighted by Gasteiger charge is -2.34. The summed E-state index contributed by atoms with van der Waals surface area (Å²) in [7, 11) is 0. The molecule has 8 heteroatoms. The molecule has 0 amide bonds. The van der Waals surface area contributed by atoms with Crippen LogP contribution in [0.3, 0.4) is 0 Å². The minimum absolute atomic E-state index is 0.0281. The molecule has 0 aliphatic carbocycles. The zero-order valence-corrected chi connectivity index (χ0v) is 10.2. The number of nitro groups is 1. The fourth-order valence-electron chi connectivity index (χ4n) is 2.23. The van der Waals surface area contributed by atoms with Gasteiger partial charge >= 0.3 is 11.7 Å². The molecule has 19 heavy (non-hydrogen) atoms. The second-order valence-corrected chi connectivity index (χ2v) is 4.44. The van der Waals surface area contributed by atoms with Crippen LogP contribution in [0.15, 0.2) is 12.4 Å². The van der Waals surface area contributed by atoms with Gasteiger partial charge in [-0.05, 0) is 19.3 Å². The highest BCUT2D eigenvalue weighted by atomic mass is 16.6. The Balaban J connectivity index is 2.17. The van der Waals surface area contributed by atoms with Gasteiger partial charge in [0.2, 0.25) is 5.95 Å². The molecule has 1 atom stereocenters. The second kappa shape index (κ2) is 5.59. The van der Waals surface area contributed by atoms with Gasteiger partial charge in [0.15, 0.2) is 0 Å². The molecule has 1 fully saturated rings. The molecule has 2 heterocycles. The Bertz CT molecular complexity index is 476. The van der Waals surface area contributed by atoms with E-state index in [2.05, 4.69) is 9.97 Å². The van der Waals surface area contributed by atoms with Crippen LogP contribution in [-0.4, -0.2) is 38.6 Å². The molecule has 0 radical (unpaired) electrons. The number of carboxylic acid groups (broad SMARTS) is 1. The Morgan fingerprint density at radius 2 is 2.16 bits per heavy atom. The Morgan fingerprint density at radius 1 is 1.47 bits per heavy atom. The van der Waals surface area contributed by atoms with Crippen molar-refractivity contribution < 1.29 is 14.8 Å². The van der Waals surface area contributed by atoms with E-state index in [1.807, 2.05) is 4.90 Å². The summed E-state index contributed by atoms with van der Waals surface area (Å²) in [5.74, 6) is -0.504. The fraction of sp³-hybridized carbons (Fsp3) is 0.545. The second-order valence-electron chi connectivity index (χ2n) is 4.44. The average molecular weight is 266 g/mol. The summed E-state index contributed by atoms with van der Waals surface area (Å²) >= 11 is 0. The number of piperidine rings is 1. The van der Waals surface area contributed by atoms with E-state index in [0.29, 0.717) is 12.5 Å². The van der Waals surface area contributed by atoms with Crippen molar-refractivity contribution in [2.24, 2.45) is 0 Å². The maximum Gasteiger partial charge on any atom is 0.305 e. The first-order valence-corrected chi connectivity index (χ1v) is 6.03. The van der Waals surface area contributed by atoms with E-state index >= 15 is 0 Å². The van der Waals surface area contributed by atoms with E-state index in [-0.39, 0.29) is 18.2 Å². The number of rotatable bonds is 4. The van der Waals surface area contributed by atoms with Crippen LogP contribution in [0.4, 0.5) is 11.6 Å². The van der Waals surface area contributed by atoms with Crippen LogP contribution in [0.2, 0.25) is 0 Å². The van der Waals surface area contributed by atoms with Crippen LogP contribution in [0.5, 0.6) is 0 Å². The maximum absolute atomic E-state index is 10.8. The van der Waals surface area contributed by atoms with Gasteiger partial charge in [-0.15, -0.1) is 0 Å². The Kier molecular flexibility index (Phi) is 3.88. The SMILES string of the molecule is O=C(O)CC1CCCCN1c1ncc([N+](=O)[O-])cn1. The van der Waals surface area contributed by atoms with E-state index in [4.69, 9.17) is 5.11 Å². The molecule has 0 spiro atoms. The lowest BCUT2D eigenvalue weighted by atomic mass is 10.00. The van der Waals surface area contributed by atoms with Gasteiger partial charge in [0.1, 0.15) is 12.4 Å². The number of hydrogen-bond donors (Lipinski definition) is 1. The third-order valence-corrected chi connectivity index (χ3v) is 3.13. The van der Waals surface area contributed by atoms with Gasteiger partial charge in [-0.2, -0.15) is 0 Å². The molecule has 1 aromatic rings. The predicted molar refractivity (Wildman–Crippen MR) is 65.9 cm³/mol. The molecule has 2 rings (SSSR count). The lowest BCUT2D eigenvalue weighted by molar-refractivity contribution is -0.385. The molecule has 1 aromatic heterocycles. The number of carboxylic acids is 1. The largest absolute Gasteiger partial charge is 0.481 e. The van der Waals surface area contributed by atoms with Crippen molar-refractivity contribution in [2.75, 3.05) is 11.4 Å². The molecular formula is C11H14N4O4. The van der Waals surface area contributed by atoms with Gasteiger partial charge in [0.25, 0.3) is 0 Å². The summed E-state index contributed by atoms with van der Waals surface area (Å²) in [5, 5.41) is 19.4. The lowest BCUT2D eigenvalue weighted by Crippen LogP contribution is -2.41. The Labute approximate surface area is 109 Å². The van der Waals surface area contributed by atoms with Crippen molar-refractivity contribution in [2.45, 2.75) is 31.7 Å². The van der Waals surface area contributed by atoms with Gasteiger partial charge < -0.3 is 10.0 Å². The summed E-state index contributed by atoms with van der Waals surface area (Å²) in [6.07, 6.45) is 5.01. The summed E-state index contributed by atoms with van der Waals surface area (Å²) in [4.78, 5) is 30.5. The first-order chi connectivity index (χ1) is 9.08. The summed E-state index contributed by atoms with van der Waals surface area (Å²) in [6.45, 7) is 0.676. The number of aliphatic carboxylic acids is 1. The number of aromatic nitrogens is 2. The number of anilines is 1. The third kappa shape index (κ3) is 3.15. The van der Waals surface area contributed by atoms with Crippen molar-refractivity contribution in [3.05, 3.63) is 22.5 Å². The van der Waals surface area contributed by atoms with E-state index in [0.717, 1.165) is 31.7 Å². The van der Waals surface area contributed by atoms with Gasteiger partial charge in [-0.3, -0.25) is 14.9 Å². The van der Waals surface area contributed by atoms with E-state index in [1.165, 1.54) is 0 Å². The molecule has 0 bridgehead atoms. The highest BCUT2D eigenvalue weighted by Crippen LogP contribution is 2.24. The minimum Gasteiger partial charge on any atom is -0.481 e. The van der Waals surface area contributed by atoms with Crippen LogP contribution in [0.25, 0.3) is 0 Å². The van der Waals surface area contributed by atoms with Crippen LogP contribution < -0.4 is 4.90 Å². The molecule has 1 saturated heterocycles. The first kappa shape index (κ1) is 13.2. The quantitative estimate of drug-likeness (QED) is 0.644. The average Bonchev–Trinajstić information content (AvgIpc) is 2.39. The molecule has 8 nitrogen and oxygen atoms in total. The molecule has 1 N–H and O–H groups in total. The van der Waals surface area contributed by atoms with E-state index in [1.54, 1.807) is 0 Å². The highest BCUT2D eigenvalue weighted by Gasteiger charge is 2.26.